The van der Waals surface area contributed by atoms with Crippen molar-refractivity contribution >= 4 is 17.6 Å². The molecule has 0 atom stereocenters. The van der Waals surface area contributed by atoms with Crippen LogP contribution in [0.25, 0.3) is 0 Å². The fourth-order valence-electron chi connectivity index (χ4n) is 2.38. The maximum atomic E-state index is 11.9. The molecule has 2 rings (SSSR count). The van der Waals surface area contributed by atoms with Crippen LogP contribution in [0, 0.1) is 0 Å². The third kappa shape index (κ3) is 7.57. The fourth-order valence-corrected chi connectivity index (χ4v) is 2.38. The van der Waals surface area contributed by atoms with E-state index in [1.807, 2.05) is 38.1 Å². The van der Waals surface area contributed by atoms with Crippen LogP contribution in [0.15, 0.2) is 48.5 Å². The van der Waals surface area contributed by atoms with E-state index >= 15 is 0 Å². The molecule has 3 amide bonds. The van der Waals surface area contributed by atoms with Crippen LogP contribution >= 0.6 is 0 Å². The number of ether oxygens (including phenoxy) is 2. The van der Waals surface area contributed by atoms with Gasteiger partial charge in [-0.15, -0.1) is 0 Å². The van der Waals surface area contributed by atoms with Crippen molar-refractivity contribution in [1.29, 1.82) is 0 Å². The maximum absolute atomic E-state index is 11.9. The van der Waals surface area contributed by atoms with Gasteiger partial charge in [-0.3, -0.25) is 4.79 Å². The van der Waals surface area contributed by atoms with Crippen LogP contribution in [0.3, 0.4) is 0 Å². The fraction of sp³-hybridized carbons (Fsp3) is 0.333. The van der Waals surface area contributed by atoms with Crippen LogP contribution in [0.2, 0.25) is 0 Å². The Morgan fingerprint density at radius 1 is 0.929 bits per heavy atom. The highest BCUT2D eigenvalue weighted by atomic mass is 16.5. The lowest BCUT2D eigenvalue weighted by Gasteiger charge is -2.10. The van der Waals surface area contributed by atoms with Crippen LogP contribution in [-0.4, -0.2) is 31.7 Å². The molecule has 0 aromatic heterocycles. The molecule has 2 aromatic carbocycles. The zero-order valence-corrected chi connectivity index (χ0v) is 16.3. The molecule has 0 saturated carbocycles. The summed E-state index contributed by atoms with van der Waals surface area (Å²) in [6.07, 6.45) is 0.934. The van der Waals surface area contributed by atoms with Crippen molar-refractivity contribution in [1.82, 2.24) is 10.6 Å². The molecule has 0 aliphatic carbocycles. The predicted octanol–water partition coefficient (Wildman–Crippen LogP) is 3.31. The van der Waals surface area contributed by atoms with E-state index < -0.39 is 6.03 Å². The number of anilines is 1. The summed E-state index contributed by atoms with van der Waals surface area (Å²) in [5.74, 6) is 1.20. The first-order valence-electron chi connectivity index (χ1n) is 9.37. The molecule has 7 nitrogen and oxygen atoms in total. The molecule has 0 heterocycles. The quantitative estimate of drug-likeness (QED) is 0.585. The van der Waals surface area contributed by atoms with Crippen molar-refractivity contribution in [2.45, 2.75) is 26.8 Å². The number of rotatable bonds is 10. The highest BCUT2D eigenvalue weighted by Gasteiger charge is 2.06. The molecule has 7 heteroatoms. The third-order valence-electron chi connectivity index (χ3n) is 3.68. The molecule has 0 aliphatic rings. The van der Waals surface area contributed by atoms with Gasteiger partial charge >= 0.3 is 6.03 Å². The van der Waals surface area contributed by atoms with Crippen molar-refractivity contribution in [2.24, 2.45) is 0 Å². The van der Waals surface area contributed by atoms with Crippen molar-refractivity contribution in [2.75, 3.05) is 25.1 Å². The Balaban J connectivity index is 1.71. The smallest absolute Gasteiger partial charge is 0.315 e. The number of amides is 3. The predicted molar refractivity (Wildman–Crippen MR) is 109 cm³/mol. The monoisotopic (exact) mass is 385 g/mol. The molecule has 0 saturated heterocycles. The largest absolute Gasteiger partial charge is 0.494 e. The van der Waals surface area contributed by atoms with Gasteiger partial charge in [0.05, 0.1) is 19.8 Å². The van der Waals surface area contributed by atoms with Crippen LogP contribution in [0.1, 0.15) is 25.8 Å². The van der Waals surface area contributed by atoms with Gasteiger partial charge in [0.1, 0.15) is 11.5 Å². The molecule has 0 aliphatic heterocycles. The molecular weight excluding hydrogens is 358 g/mol. The highest BCUT2D eigenvalue weighted by molar-refractivity contribution is 5.94. The van der Waals surface area contributed by atoms with E-state index in [0.29, 0.717) is 25.4 Å². The number of nitrogens with one attached hydrogen (secondary N) is 3. The van der Waals surface area contributed by atoms with Gasteiger partial charge < -0.3 is 25.4 Å². The minimum Gasteiger partial charge on any atom is -0.494 e. The molecule has 0 radical (unpaired) electrons. The zero-order valence-electron chi connectivity index (χ0n) is 16.3. The zero-order chi connectivity index (χ0) is 20.2. The molecule has 3 N–H and O–H groups in total. The van der Waals surface area contributed by atoms with Crippen LogP contribution in [0.4, 0.5) is 10.5 Å². The van der Waals surface area contributed by atoms with E-state index in [1.54, 1.807) is 24.3 Å². The highest BCUT2D eigenvalue weighted by Crippen LogP contribution is 2.15. The summed E-state index contributed by atoms with van der Waals surface area (Å²) in [6, 6.07) is 14.2. The Labute approximate surface area is 165 Å². The SMILES string of the molecule is CCCOc1cccc(CNC(=O)NCC(=O)Nc2ccc(OCC)cc2)c1. The number of carbonyl (C=O) groups is 2. The maximum Gasteiger partial charge on any atom is 0.315 e. The number of benzene rings is 2. The van der Waals surface area contributed by atoms with Gasteiger partial charge in [-0.1, -0.05) is 19.1 Å². The molecule has 150 valence electrons. The van der Waals surface area contributed by atoms with Gasteiger partial charge in [0.15, 0.2) is 0 Å². The lowest BCUT2D eigenvalue weighted by Crippen LogP contribution is -2.39. The van der Waals surface area contributed by atoms with Gasteiger partial charge in [-0.05, 0) is 55.3 Å². The van der Waals surface area contributed by atoms with Crippen molar-refractivity contribution in [3.8, 4) is 11.5 Å². The Bertz CT molecular complexity index is 763. The van der Waals surface area contributed by atoms with Gasteiger partial charge in [-0.25, -0.2) is 4.79 Å². The number of hydrogen-bond acceptors (Lipinski definition) is 4. The van der Waals surface area contributed by atoms with Gasteiger partial charge in [0, 0.05) is 12.2 Å². The van der Waals surface area contributed by atoms with Crippen LogP contribution < -0.4 is 25.4 Å². The summed E-state index contributed by atoms with van der Waals surface area (Å²) in [4.78, 5) is 23.8. The van der Waals surface area contributed by atoms with E-state index in [1.165, 1.54) is 0 Å². The topological polar surface area (TPSA) is 88.7 Å². The van der Waals surface area contributed by atoms with Crippen LogP contribution in [0.5, 0.6) is 11.5 Å². The minimum atomic E-state index is -0.415. The van der Waals surface area contributed by atoms with E-state index in [2.05, 4.69) is 16.0 Å². The molecular formula is C21H27N3O4. The normalized spacial score (nSPS) is 10.1. The molecule has 0 bridgehead atoms. The minimum absolute atomic E-state index is 0.126. The van der Waals surface area contributed by atoms with E-state index in [-0.39, 0.29) is 12.5 Å². The van der Waals surface area contributed by atoms with Crippen LogP contribution in [-0.2, 0) is 11.3 Å². The Kier molecular flexibility index (Phi) is 8.65. The first-order chi connectivity index (χ1) is 13.6. The third-order valence-corrected chi connectivity index (χ3v) is 3.68. The van der Waals surface area contributed by atoms with Gasteiger partial charge in [0.25, 0.3) is 0 Å². The number of carbonyl (C=O) groups excluding carboxylic acids is 2. The van der Waals surface area contributed by atoms with Gasteiger partial charge in [-0.2, -0.15) is 0 Å². The molecule has 0 spiro atoms. The molecule has 0 fully saturated rings. The van der Waals surface area contributed by atoms with E-state index in [4.69, 9.17) is 9.47 Å². The standard InChI is InChI=1S/C21H27N3O4/c1-3-12-28-19-7-5-6-16(13-19)14-22-21(26)23-15-20(25)24-17-8-10-18(11-9-17)27-4-2/h5-11,13H,3-4,12,14-15H2,1-2H3,(H,24,25)(H2,22,23,26). The van der Waals surface area contributed by atoms with Crippen molar-refractivity contribution in [3.05, 3.63) is 54.1 Å². The Hall–Kier alpha value is -3.22. The number of hydrogen-bond donors (Lipinski definition) is 3. The van der Waals surface area contributed by atoms with E-state index in [0.717, 1.165) is 23.5 Å². The molecule has 0 unspecified atom stereocenters. The summed E-state index contributed by atoms with van der Waals surface area (Å²) >= 11 is 0. The lowest BCUT2D eigenvalue weighted by molar-refractivity contribution is -0.115. The summed E-state index contributed by atoms with van der Waals surface area (Å²) in [5, 5.41) is 7.97. The Morgan fingerprint density at radius 2 is 1.71 bits per heavy atom. The van der Waals surface area contributed by atoms with Crippen molar-refractivity contribution in [3.63, 3.8) is 0 Å². The first-order valence-corrected chi connectivity index (χ1v) is 9.37. The second kappa shape index (κ2) is 11.5. The lowest BCUT2D eigenvalue weighted by atomic mass is 10.2. The molecule has 2 aromatic rings. The summed E-state index contributed by atoms with van der Waals surface area (Å²) in [6.45, 7) is 5.40. The summed E-state index contributed by atoms with van der Waals surface area (Å²) in [7, 11) is 0. The Morgan fingerprint density at radius 3 is 2.43 bits per heavy atom. The summed E-state index contributed by atoms with van der Waals surface area (Å²) < 4.78 is 10.9. The van der Waals surface area contributed by atoms with Gasteiger partial charge in [0.2, 0.25) is 5.91 Å². The first kappa shape index (κ1) is 21.1. The summed E-state index contributed by atoms with van der Waals surface area (Å²) in [5.41, 5.74) is 1.56. The second-order valence-electron chi connectivity index (χ2n) is 6.04. The molecule has 28 heavy (non-hydrogen) atoms. The second-order valence-corrected chi connectivity index (χ2v) is 6.04. The average molecular weight is 385 g/mol. The number of urea groups is 1. The van der Waals surface area contributed by atoms with E-state index in [9.17, 15) is 9.59 Å². The van der Waals surface area contributed by atoms with Crippen molar-refractivity contribution < 1.29 is 19.1 Å². The average Bonchev–Trinajstić information content (AvgIpc) is 2.71.